The lowest BCUT2D eigenvalue weighted by Gasteiger charge is -2.16. The molecule has 0 saturated heterocycles. The van der Waals surface area contributed by atoms with Crippen molar-refractivity contribution in [2.75, 3.05) is 25.9 Å². The number of anilines is 1. The lowest BCUT2D eigenvalue weighted by atomic mass is 9.98. The van der Waals surface area contributed by atoms with E-state index in [4.69, 9.17) is 11.1 Å². The van der Waals surface area contributed by atoms with Crippen LogP contribution in [0.5, 0.6) is 0 Å². The Morgan fingerprint density at radius 3 is 2.56 bits per heavy atom. The van der Waals surface area contributed by atoms with E-state index in [1.54, 1.807) is 12.2 Å². The van der Waals surface area contributed by atoms with Crippen LogP contribution in [0, 0.1) is 19.3 Å². The van der Waals surface area contributed by atoms with Crippen LogP contribution in [0.2, 0.25) is 0 Å². The van der Waals surface area contributed by atoms with E-state index in [-0.39, 0.29) is 0 Å². The number of benzene rings is 1. The van der Waals surface area contributed by atoms with Crippen molar-refractivity contribution in [2.45, 2.75) is 34.1 Å². The summed E-state index contributed by atoms with van der Waals surface area (Å²) in [6.07, 6.45) is 6.61. The minimum absolute atomic E-state index is 0.387. The lowest BCUT2D eigenvalue weighted by molar-refractivity contribution is 0.362. The Labute approximate surface area is 164 Å². The molecule has 0 amide bonds. The van der Waals surface area contributed by atoms with E-state index in [0.717, 1.165) is 53.3 Å². The van der Waals surface area contributed by atoms with Gasteiger partial charge in [0.1, 0.15) is 0 Å². The van der Waals surface area contributed by atoms with Gasteiger partial charge in [0, 0.05) is 29.2 Å². The number of hydrogen-bond acceptors (Lipinski definition) is 4. The Balaban J connectivity index is 2.89. The van der Waals surface area contributed by atoms with Gasteiger partial charge in [-0.25, -0.2) is 0 Å². The van der Waals surface area contributed by atoms with Gasteiger partial charge in [0.05, 0.1) is 5.71 Å². The Morgan fingerprint density at radius 2 is 1.96 bits per heavy atom. The highest BCUT2D eigenvalue weighted by atomic mass is 15.1. The highest BCUT2D eigenvalue weighted by Crippen LogP contribution is 2.21. The molecule has 1 aromatic rings. The predicted molar refractivity (Wildman–Crippen MR) is 119 cm³/mol. The summed E-state index contributed by atoms with van der Waals surface area (Å²) in [7, 11) is 2.11. The van der Waals surface area contributed by atoms with Gasteiger partial charge in [-0.1, -0.05) is 37.8 Å². The zero-order valence-corrected chi connectivity index (χ0v) is 17.4. The summed E-state index contributed by atoms with van der Waals surface area (Å²) in [6.45, 7) is 18.1. The van der Waals surface area contributed by atoms with Gasteiger partial charge in [0.2, 0.25) is 0 Å². The van der Waals surface area contributed by atoms with E-state index in [2.05, 4.69) is 44.3 Å². The first kappa shape index (κ1) is 22.5. The molecule has 4 N–H and O–H groups in total. The molecule has 0 unspecified atom stereocenters. The summed E-state index contributed by atoms with van der Waals surface area (Å²) in [5, 5.41) is 11.7. The summed E-state index contributed by atoms with van der Waals surface area (Å²) in [6, 6.07) is 3.88. The van der Waals surface area contributed by atoms with Gasteiger partial charge in [0.15, 0.2) is 0 Å². The van der Waals surface area contributed by atoms with Gasteiger partial charge in [-0.05, 0) is 70.1 Å². The summed E-state index contributed by atoms with van der Waals surface area (Å²) < 4.78 is 0. The molecular weight excluding hydrogens is 332 g/mol. The standard InChI is InChI=1S/C23H34N4/c1-8-12-27(7)15-16(3)13-18(5)26-20(9-2)14-22(24)21-11-10-17(4)23(25)19(21)6/h9-11,13-14,24,26H,2,5,8,12,15,25H2,1,3-4,6-7H3/b16-13+,20-14+,24-22?. The maximum absolute atomic E-state index is 8.42. The van der Waals surface area contributed by atoms with Gasteiger partial charge in [0.25, 0.3) is 0 Å². The molecule has 0 fully saturated rings. The number of allylic oxidation sites excluding steroid dienone is 3. The SMILES string of the molecule is C=C/C(=C\C(=N)c1ccc(C)c(N)c1C)NC(=C)/C=C(\C)CN(C)CCC. The smallest absolute Gasteiger partial charge is 0.0636 e. The zero-order valence-electron chi connectivity index (χ0n) is 17.4. The molecule has 146 valence electrons. The lowest BCUT2D eigenvalue weighted by Crippen LogP contribution is -2.21. The van der Waals surface area contributed by atoms with Crippen LogP contribution in [-0.2, 0) is 0 Å². The molecule has 0 atom stereocenters. The van der Waals surface area contributed by atoms with E-state index in [1.165, 1.54) is 5.57 Å². The number of nitrogen functional groups attached to an aromatic ring is 1. The molecule has 0 heterocycles. The van der Waals surface area contributed by atoms with E-state index >= 15 is 0 Å². The van der Waals surface area contributed by atoms with Gasteiger partial charge >= 0.3 is 0 Å². The molecule has 0 aliphatic carbocycles. The predicted octanol–water partition coefficient (Wildman–Crippen LogP) is 4.71. The van der Waals surface area contributed by atoms with Crippen LogP contribution in [0.15, 0.2) is 60.5 Å². The Morgan fingerprint density at radius 1 is 1.30 bits per heavy atom. The van der Waals surface area contributed by atoms with Crippen LogP contribution in [0.4, 0.5) is 5.69 Å². The quantitative estimate of drug-likeness (QED) is 0.319. The number of likely N-dealkylation sites (N-methyl/N-ethyl adjacent to an activating group) is 1. The number of nitrogens with two attached hydrogens (primary N) is 1. The Kier molecular flexibility index (Phi) is 8.76. The second kappa shape index (κ2) is 10.5. The number of nitrogens with one attached hydrogen (secondary N) is 2. The van der Waals surface area contributed by atoms with Crippen LogP contribution < -0.4 is 11.1 Å². The van der Waals surface area contributed by atoms with Crippen molar-refractivity contribution >= 4 is 11.4 Å². The maximum atomic E-state index is 8.42. The van der Waals surface area contributed by atoms with Crippen molar-refractivity contribution in [1.29, 1.82) is 5.41 Å². The average molecular weight is 367 g/mol. The van der Waals surface area contributed by atoms with Crippen LogP contribution in [0.3, 0.4) is 0 Å². The molecule has 0 spiro atoms. The van der Waals surface area contributed by atoms with E-state index in [1.807, 2.05) is 32.1 Å². The zero-order chi connectivity index (χ0) is 20.6. The average Bonchev–Trinajstić information content (AvgIpc) is 2.58. The maximum Gasteiger partial charge on any atom is 0.0636 e. The summed E-state index contributed by atoms with van der Waals surface area (Å²) >= 11 is 0. The fourth-order valence-electron chi connectivity index (χ4n) is 2.99. The second-order valence-corrected chi connectivity index (χ2v) is 7.06. The minimum Gasteiger partial charge on any atom is -0.398 e. The fraction of sp³-hybridized carbons (Fsp3) is 0.348. The van der Waals surface area contributed by atoms with Crippen molar-refractivity contribution in [3.63, 3.8) is 0 Å². The largest absolute Gasteiger partial charge is 0.398 e. The molecule has 1 rings (SSSR count). The molecule has 0 aliphatic heterocycles. The molecule has 0 aliphatic rings. The monoisotopic (exact) mass is 366 g/mol. The van der Waals surface area contributed by atoms with Gasteiger partial charge in [-0.2, -0.15) is 0 Å². The molecule has 0 bridgehead atoms. The van der Waals surface area contributed by atoms with Gasteiger partial charge in [-0.15, -0.1) is 0 Å². The molecule has 4 heteroatoms. The van der Waals surface area contributed by atoms with Crippen molar-refractivity contribution < 1.29 is 0 Å². The first-order chi connectivity index (χ1) is 12.7. The van der Waals surface area contributed by atoms with Crippen LogP contribution in [-0.4, -0.2) is 30.7 Å². The van der Waals surface area contributed by atoms with Crippen LogP contribution in [0.1, 0.15) is 37.0 Å². The Bertz CT molecular complexity index is 769. The van der Waals surface area contributed by atoms with E-state index < -0.39 is 0 Å². The number of aryl methyl sites for hydroxylation is 1. The number of hydrogen-bond donors (Lipinski definition) is 3. The summed E-state index contributed by atoms with van der Waals surface area (Å²) in [5.41, 5.74) is 12.7. The number of rotatable bonds is 10. The van der Waals surface area contributed by atoms with Crippen molar-refractivity contribution in [1.82, 2.24) is 10.2 Å². The molecule has 0 radical (unpaired) electrons. The second-order valence-electron chi connectivity index (χ2n) is 7.06. The molecule has 0 saturated carbocycles. The normalized spacial score (nSPS) is 12.2. The van der Waals surface area contributed by atoms with Crippen molar-refractivity contribution in [3.8, 4) is 0 Å². The minimum atomic E-state index is 0.387. The summed E-state index contributed by atoms with van der Waals surface area (Å²) in [4.78, 5) is 2.28. The van der Waals surface area contributed by atoms with Gasteiger partial charge in [-0.3, -0.25) is 0 Å². The van der Waals surface area contributed by atoms with E-state index in [9.17, 15) is 0 Å². The number of nitrogens with zero attached hydrogens (tertiary/aromatic N) is 1. The third kappa shape index (κ3) is 6.91. The highest BCUT2D eigenvalue weighted by molar-refractivity contribution is 6.08. The molecule has 27 heavy (non-hydrogen) atoms. The first-order valence-corrected chi connectivity index (χ1v) is 9.29. The fourth-order valence-corrected chi connectivity index (χ4v) is 2.99. The van der Waals surface area contributed by atoms with Crippen LogP contribution >= 0.6 is 0 Å². The van der Waals surface area contributed by atoms with Crippen LogP contribution in [0.25, 0.3) is 0 Å². The van der Waals surface area contributed by atoms with Crippen molar-refractivity contribution in [3.05, 3.63) is 77.2 Å². The topological polar surface area (TPSA) is 65.1 Å². The highest BCUT2D eigenvalue weighted by Gasteiger charge is 2.08. The Hall–Kier alpha value is -2.59. The molecule has 4 nitrogen and oxygen atoms in total. The van der Waals surface area contributed by atoms with Gasteiger partial charge < -0.3 is 21.4 Å². The van der Waals surface area contributed by atoms with E-state index in [0.29, 0.717) is 5.71 Å². The third-order valence-electron chi connectivity index (χ3n) is 4.39. The molecular formula is C23H34N4. The molecule has 1 aromatic carbocycles. The van der Waals surface area contributed by atoms with Crippen molar-refractivity contribution in [2.24, 2.45) is 0 Å². The first-order valence-electron chi connectivity index (χ1n) is 9.29. The summed E-state index contributed by atoms with van der Waals surface area (Å²) in [5.74, 6) is 0. The molecule has 0 aromatic heterocycles. The third-order valence-corrected chi connectivity index (χ3v) is 4.39.